The Morgan fingerprint density at radius 1 is 1.00 bits per heavy atom. The second kappa shape index (κ2) is 8.49. The van der Waals surface area contributed by atoms with Crippen molar-refractivity contribution in [3.8, 4) is 0 Å². The molecule has 2 aromatic rings. The minimum atomic E-state index is -1.46. The van der Waals surface area contributed by atoms with Crippen LogP contribution in [0.3, 0.4) is 0 Å². The van der Waals surface area contributed by atoms with Crippen LogP contribution in [0, 0.1) is 0 Å². The molecule has 2 rings (SSSR count). The quantitative estimate of drug-likeness (QED) is 0.801. The van der Waals surface area contributed by atoms with Crippen LogP contribution in [0.15, 0.2) is 60.7 Å². The van der Waals surface area contributed by atoms with Crippen LogP contribution in [0.5, 0.6) is 0 Å². The fourth-order valence-electron chi connectivity index (χ4n) is 2.27. The monoisotopic (exact) mass is 342 g/mol. The first-order chi connectivity index (χ1) is 12.0. The molecule has 25 heavy (non-hydrogen) atoms. The number of aliphatic carboxylic acids is 1. The molecule has 7 heteroatoms. The molecule has 0 aliphatic carbocycles. The van der Waals surface area contributed by atoms with Crippen LogP contribution in [0.4, 0.5) is 10.5 Å². The van der Waals surface area contributed by atoms with Gasteiger partial charge in [-0.05, 0) is 17.7 Å². The summed E-state index contributed by atoms with van der Waals surface area (Å²) in [5.74, 6) is -2.18. The number of rotatable bonds is 7. The lowest BCUT2D eigenvalue weighted by atomic mass is 10.1. The number of hydrogen-bond acceptors (Lipinski definition) is 4. The van der Waals surface area contributed by atoms with Crippen LogP contribution in [0.1, 0.15) is 12.0 Å². The van der Waals surface area contributed by atoms with Gasteiger partial charge in [0.05, 0.1) is 6.42 Å². The summed E-state index contributed by atoms with van der Waals surface area (Å²) >= 11 is 0. The van der Waals surface area contributed by atoms with E-state index in [9.17, 15) is 19.5 Å². The van der Waals surface area contributed by atoms with Gasteiger partial charge in [-0.3, -0.25) is 9.69 Å². The van der Waals surface area contributed by atoms with Crippen molar-refractivity contribution in [2.45, 2.75) is 19.1 Å². The van der Waals surface area contributed by atoms with Crippen LogP contribution < -0.4 is 10.6 Å². The molecular weight excluding hydrogens is 324 g/mol. The van der Waals surface area contributed by atoms with E-state index < -0.39 is 30.4 Å². The van der Waals surface area contributed by atoms with Gasteiger partial charge >= 0.3 is 12.1 Å². The highest BCUT2D eigenvalue weighted by molar-refractivity contribution is 5.97. The average Bonchev–Trinajstić information content (AvgIpc) is 2.61. The number of hydrogen-bond donors (Lipinski definition) is 2. The number of carbonyl (C=O) groups excluding carboxylic acids is 2. The predicted octanol–water partition coefficient (Wildman–Crippen LogP) is 2.16. The van der Waals surface area contributed by atoms with Gasteiger partial charge in [-0.25, -0.2) is 9.59 Å². The zero-order chi connectivity index (χ0) is 18.2. The van der Waals surface area contributed by atoms with Gasteiger partial charge in [0.2, 0.25) is 5.91 Å². The minimum Gasteiger partial charge on any atom is -0.480 e. The van der Waals surface area contributed by atoms with Crippen molar-refractivity contribution >= 4 is 23.7 Å². The molecule has 2 aromatic carbocycles. The summed E-state index contributed by atoms with van der Waals surface area (Å²) in [7, 11) is 0. The van der Waals surface area contributed by atoms with E-state index in [1.54, 1.807) is 54.6 Å². The first-order valence-corrected chi connectivity index (χ1v) is 7.55. The Morgan fingerprint density at radius 2 is 1.56 bits per heavy atom. The molecule has 3 N–H and O–H groups in total. The number of primary amides is 1. The Morgan fingerprint density at radius 3 is 2.08 bits per heavy atom. The maximum absolute atomic E-state index is 12.5. The van der Waals surface area contributed by atoms with Gasteiger partial charge < -0.3 is 15.6 Å². The van der Waals surface area contributed by atoms with Crippen LogP contribution in [0.2, 0.25) is 0 Å². The highest BCUT2D eigenvalue weighted by atomic mass is 16.6. The first-order valence-electron chi connectivity index (χ1n) is 7.55. The molecule has 0 heterocycles. The van der Waals surface area contributed by atoms with Crippen molar-refractivity contribution in [1.82, 2.24) is 0 Å². The summed E-state index contributed by atoms with van der Waals surface area (Å²) < 4.78 is 5.23. The lowest BCUT2D eigenvalue weighted by molar-refractivity contribution is -0.140. The highest BCUT2D eigenvalue weighted by Gasteiger charge is 2.33. The number of carboxylic acid groups (broad SMARTS) is 1. The van der Waals surface area contributed by atoms with Crippen molar-refractivity contribution in [2.75, 3.05) is 4.90 Å². The van der Waals surface area contributed by atoms with E-state index >= 15 is 0 Å². The van der Waals surface area contributed by atoms with Gasteiger partial charge in [-0.2, -0.15) is 0 Å². The topological polar surface area (TPSA) is 110 Å². The maximum Gasteiger partial charge on any atom is 0.415 e. The summed E-state index contributed by atoms with van der Waals surface area (Å²) in [4.78, 5) is 36.3. The molecule has 1 atom stereocenters. The standard InChI is InChI=1S/C18H18N2O5/c19-16(21)11-15(17(22)23)20(14-9-5-2-6-10-14)18(24)25-12-13-7-3-1-4-8-13/h1-10,15H,11-12H2,(H2,19,21)(H,22,23)/t15-/m0/s1. The molecule has 0 aromatic heterocycles. The number of benzene rings is 2. The van der Waals surface area contributed by atoms with Crippen LogP contribution in [0.25, 0.3) is 0 Å². The lowest BCUT2D eigenvalue weighted by Crippen LogP contribution is -2.47. The van der Waals surface area contributed by atoms with E-state index in [1.165, 1.54) is 0 Å². The van der Waals surface area contributed by atoms with Gasteiger partial charge in [0.1, 0.15) is 12.6 Å². The first kappa shape index (κ1) is 18.0. The van der Waals surface area contributed by atoms with Crippen LogP contribution in [-0.2, 0) is 20.9 Å². The molecule has 7 nitrogen and oxygen atoms in total. The predicted molar refractivity (Wildman–Crippen MR) is 90.8 cm³/mol. The number of ether oxygens (including phenoxy) is 1. The molecule has 0 aliphatic heterocycles. The van der Waals surface area contributed by atoms with E-state index in [0.717, 1.165) is 10.5 Å². The third-order valence-electron chi connectivity index (χ3n) is 3.43. The van der Waals surface area contributed by atoms with Gasteiger partial charge in [-0.1, -0.05) is 48.5 Å². The van der Waals surface area contributed by atoms with E-state index in [1.807, 2.05) is 6.07 Å². The summed E-state index contributed by atoms with van der Waals surface area (Å²) in [6, 6.07) is 15.7. The number of para-hydroxylation sites is 1. The van der Waals surface area contributed by atoms with Gasteiger partial charge in [0.25, 0.3) is 0 Å². The molecule has 0 aliphatic rings. The minimum absolute atomic E-state index is 0.0219. The lowest BCUT2D eigenvalue weighted by Gasteiger charge is -2.27. The Bertz CT molecular complexity index is 734. The molecule has 130 valence electrons. The number of carboxylic acids is 1. The number of nitrogens with zero attached hydrogens (tertiary/aromatic N) is 1. The number of anilines is 1. The number of nitrogens with two attached hydrogens (primary N) is 1. The van der Waals surface area contributed by atoms with Crippen molar-refractivity contribution in [1.29, 1.82) is 0 Å². The van der Waals surface area contributed by atoms with E-state index in [0.29, 0.717) is 5.69 Å². The van der Waals surface area contributed by atoms with Gasteiger partial charge in [0.15, 0.2) is 0 Å². The fourth-order valence-corrected chi connectivity index (χ4v) is 2.27. The van der Waals surface area contributed by atoms with E-state index in [4.69, 9.17) is 10.5 Å². The largest absolute Gasteiger partial charge is 0.480 e. The SMILES string of the molecule is NC(=O)C[C@@H](C(=O)O)N(C(=O)OCc1ccccc1)c1ccccc1. The average molecular weight is 342 g/mol. The molecule has 0 bridgehead atoms. The molecule has 0 fully saturated rings. The third kappa shape index (κ3) is 5.07. The Hall–Kier alpha value is -3.35. The number of amides is 2. The second-order valence-electron chi connectivity index (χ2n) is 5.27. The van der Waals surface area contributed by atoms with E-state index in [2.05, 4.69) is 0 Å². The van der Waals surface area contributed by atoms with Crippen LogP contribution >= 0.6 is 0 Å². The molecule has 2 amide bonds. The summed E-state index contributed by atoms with van der Waals surface area (Å²) in [5, 5.41) is 9.43. The van der Waals surface area contributed by atoms with Gasteiger partial charge in [0, 0.05) is 5.69 Å². The smallest absolute Gasteiger partial charge is 0.415 e. The third-order valence-corrected chi connectivity index (χ3v) is 3.43. The van der Waals surface area contributed by atoms with E-state index in [-0.39, 0.29) is 6.61 Å². The molecular formula is C18H18N2O5. The fraction of sp³-hybridized carbons (Fsp3) is 0.167. The molecule has 0 saturated carbocycles. The highest BCUT2D eigenvalue weighted by Crippen LogP contribution is 2.20. The van der Waals surface area contributed by atoms with Gasteiger partial charge in [-0.15, -0.1) is 0 Å². The molecule has 0 radical (unpaired) electrons. The van der Waals surface area contributed by atoms with Crippen molar-refractivity contribution in [3.63, 3.8) is 0 Å². The summed E-state index contributed by atoms with van der Waals surface area (Å²) in [6.07, 6.45) is -1.39. The van der Waals surface area contributed by atoms with Crippen LogP contribution in [-0.4, -0.2) is 29.1 Å². The summed E-state index contributed by atoms with van der Waals surface area (Å²) in [6.45, 7) is -0.0219. The van der Waals surface area contributed by atoms with Crippen molar-refractivity contribution in [3.05, 3.63) is 66.2 Å². The molecule has 0 spiro atoms. The maximum atomic E-state index is 12.5. The Labute approximate surface area is 144 Å². The molecule has 0 unspecified atom stereocenters. The van der Waals surface area contributed by atoms with Crippen molar-refractivity contribution < 1.29 is 24.2 Å². The number of carbonyl (C=O) groups is 3. The van der Waals surface area contributed by atoms with Crippen molar-refractivity contribution in [2.24, 2.45) is 5.73 Å². The normalized spacial score (nSPS) is 11.4. The summed E-state index contributed by atoms with van der Waals surface area (Å²) in [5.41, 5.74) is 6.19. The Kier molecular flexibility index (Phi) is 6.11. The second-order valence-corrected chi connectivity index (χ2v) is 5.27. The zero-order valence-electron chi connectivity index (χ0n) is 13.4. The zero-order valence-corrected chi connectivity index (χ0v) is 13.4. The Balaban J connectivity index is 2.25. The molecule has 0 saturated heterocycles.